The molecule has 1 aromatic heterocycles. The highest BCUT2D eigenvalue weighted by atomic mass is 35.5. The number of H-pyrrole nitrogens is 1. The molecule has 7 rings (SSSR count). The van der Waals surface area contributed by atoms with E-state index in [1.54, 1.807) is 24.3 Å². The van der Waals surface area contributed by atoms with Crippen molar-refractivity contribution in [1.29, 1.82) is 0 Å². The van der Waals surface area contributed by atoms with E-state index in [2.05, 4.69) is 11.2 Å². The molecule has 1 fully saturated rings. The van der Waals surface area contributed by atoms with E-state index in [9.17, 15) is 28.2 Å². The van der Waals surface area contributed by atoms with Crippen molar-refractivity contribution in [2.24, 2.45) is 5.92 Å². The zero-order valence-electron chi connectivity index (χ0n) is 26.2. The lowest BCUT2D eigenvalue weighted by molar-refractivity contribution is -0.145. The van der Waals surface area contributed by atoms with Gasteiger partial charge in [-0.3, -0.25) is 9.89 Å². The van der Waals surface area contributed by atoms with E-state index >= 15 is 0 Å². The first-order valence-corrected chi connectivity index (χ1v) is 16.5. The number of alkyl halides is 3. The van der Waals surface area contributed by atoms with Gasteiger partial charge in [-0.1, -0.05) is 89.9 Å². The highest BCUT2D eigenvalue weighted by molar-refractivity contribution is 6.30. The second-order valence-corrected chi connectivity index (χ2v) is 13.6. The number of para-hydroxylation sites is 2. The van der Waals surface area contributed by atoms with Crippen molar-refractivity contribution in [3.05, 3.63) is 163 Å². The Balaban J connectivity index is 1.34. The summed E-state index contributed by atoms with van der Waals surface area (Å²) in [5.74, 6) is -2.43. The SMILES string of the molecule is CN1C(=CC2C(O)C(c3c(C(F)(F)F)[nH]n(-c4ccccc4)c3=O)C2O)C(Cc2ccc(Cl)cc2)(Cc2ccc(Cl)cc2)c2ccccc21. The van der Waals surface area contributed by atoms with Gasteiger partial charge < -0.3 is 15.1 Å². The monoisotopic (exact) mass is 705 g/mol. The minimum absolute atomic E-state index is 0.200. The fourth-order valence-corrected chi connectivity index (χ4v) is 7.81. The third kappa shape index (κ3) is 5.78. The van der Waals surface area contributed by atoms with Crippen LogP contribution < -0.4 is 10.5 Å². The van der Waals surface area contributed by atoms with Crippen molar-refractivity contribution in [1.82, 2.24) is 9.78 Å². The van der Waals surface area contributed by atoms with Crippen LogP contribution in [0.15, 0.2) is 120 Å². The summed E-state index contributed by atoms with van der Waals surface area (Å²) in [7, 11) is 1.90. The van der Waals surface area contributed by atoms with Crippen molar-refractivity contribution >= 4 is 28.9 Å². The summed E-state index contributed by atoms with van der Waals surface area (Å²) < 4.78 is 43.8. The van der Waals surface area contributed by atoms with Gasteiger partial charge in [-0.15, -0.1) is 0 Å². The molecule has 1 aliphatic carbocycles. The lowest BCUT2D eigenvalue weighted by Crippen LogP contribution is -2.55. The number of hydrogen-bond acceptors (Lipinski definition) is 4. The van der Waals surface area contributed by atoms with Crippen LogP contribution in [0.5, 0.6) is 0 Å². The van der Waals surface area contributed by atoms with Crippen LogP contribution in [-0.2, 0) is 24.4 Å². The summed E-state index contributed by atoms with van der Waals surface area (Å²) in [4.78, 5) is 15.5. The number of anilines is 1. The Hall–Kier alpha value is -4.28. The number of aromatic nitrogens is 2. The largest absolute Gasteiger partial charge is 0.433 e. The summed E-state index contributed by atoms with van der Waals surface area (Å²) >= 11 is 12.5. The van der Waals surface area contributed by atoms with Gasteiger partial charge in [0.05, 0.1) is 23.5 Å². The first-order valence-electron chi connectivity index (χ1n) is 15.8. The molecule has 2 atom stereocenters. The van der Waals surface area contributed by atoms with E-state index in [4.69, 9.17) is 23.2 Å². The second kappa shape index (κ2) is 12.6. The molecule has 1 saturated carbocycles. The first-order chi connectivity index (χ1) is 23.4. The summed E-state index contributed by atoms with van der Waals surface area (Å²) in [5.41, 5.74) is 1.22. The van der Waals surface area contributed by atoms with Crippen LogP contribution in [0.4, 0.5) is 18.9 Å². The van der Waals surface area contributed by atoms with Gasteiger partial charge in [0.2, 0.25) is 0 Å². The predicted octanol–water partition coefficient (Wildman–Crippen LogP) is 7.68. The predicted molar refractivity (Wildman–Crippen MR) is 185 cm³/mol. The molecule has 0 saturated heterocycles. The minimum Gasteiger partial charge on any atom is -0.392 e. The summed E-state index contributed by atoms with van der Waals surface area (Å²) in [6.07, 6.45) is -5.08. The van der Waals surface area contributed by atoms with Gasteiger partial charge in [0, 0.05) is 45.7 Å². The molecule has 6 nitrogen and oxygen atoms in total. The van der Waals surface area contributed by atoms with Crippen LogP contribution in [0.2, 0.25) is 10.0 Å². The number of likely N-dealkylation sites (N-methyl/N-ethyl adjacent to an activating group) is 1. The molecule has 49 heavy (non-hydrogen) atoms. The van der Waals surface area contributed by atoms with Gasteiger partial charge in [-0.25, -0.2) is 4.68 Å². The standard InChI is InChI=1S/C38H32Cl2F3N3O3/c1-45-29-10-6-5-9-28(29)37(20-22-11-15-24(39)16-12-22,21-23-13-17-25(40)18-14-23)30(45)19-27-33(47)31(34(27)48)32-35(38(41,42)43)44-46(36(32)49)26-7-3-2-4-8-26/h2-19,27,31,33-34,44,47-48H,20-21H2,1H3. The Bertz CT molecular complexity index is 2020. The number of aliphatic hydroxyl groups is 2. The highest BCUT2D eigenvalue weighted by Crippen LogP contribution is 2.54. The fraction of sp³-hybridized carbons (Fsp3) is 0.237. The molecule has 4 aromatic carbocycles. The van der Waals surface area contributed by atoms with E-state index < -0.39 is 52.5 Å². The van der Waals surface area contributed by atoms with Crippen LogP contribution >= 0.6 is 23.2 Å². The number of nitrogens with one attached hydrogen (secondary N) is 1. The van der Waals surface area contributed by atoms with E-state index in [0.29, 0.717) is 22.9 Å². The third-order valence-electron chi connectivity index (χ3n) is 9.90. The first kappa shape index (κ1) is 33.2. The maximum atomic E-state index is 14.3. The highest BCUT2D eigenvalue weighted by Gasteiger charge is 2.55. The number of aliphatic hydroxyl groups excluding tert-OH is 2. The van der Waals surface area contributed by atoms with Crippen LogP contribution in [0.1, 0.15) is 33.9 Å². The van der Waals surface area contributed by atoms with Crippen molar-refractivity contribution in [3.63, 3.8) is 0 Å². The van der Waals surface area contributed by atoms with Gasteiger partial charge >= 0.3 is 6.18 Å². The number of benzene rings is 4. The lowest BCUT2D eigenvalue weighted by atomic mass is 9.63. The Labute approximate surface area is 290 Å². The summed E-state index contributed by atoms with van der Waals surface area (Å²) in [6, 6.07) is 30.9. The quantitative estimate of drug-likeness (QED) is 0.162. The summed E-state index contributed by atoms with van der Waals surface area (Å²) in [6.45, 7) is 0. The molecule has 1 aliphatic heterocycles. The average molecular weight is 707 g/mol. The fourth-order valence-electron chi connectivity index (χ4n) is 7.56. The maximum Gasteiger partial charge on any atom is 0.433 e. The third-order valence-corrected chi connectivity index (χ3v) is 10.4. The van der Waals surface area contributed by atoms with Crippen LogP contribution in [0.3, 0.4) is 0 Å². The van der Waals surface area contributed by atoms with E-state index in [1.165, 1.54) is 12.1 Å². The normalized spacial score (nSPS) is 22.3. The van der Waals surface area contributed by atoms with Gasteiger partial charge in [0.1, 0.15) is 5.69 Å². The van der Waals surface area contributed by atoms with Crippen molar-refractivity contribution in [3.8, 4) is 5.69 Å². The molecule has 0 spiro atoms. The van der Waals surface area contributed by atoms with Crippen LogP contribution in [0.25, 0.3) is 5.69 Å². The lowest BCUT2D eigenvalue weighted by Gasteiger charge is -2.46. The molecule has 0 radical (unpaired) electrons. The smallest absolute Gasteiger partial charge is 0.392 e. The molecule has 2 aliphatic rings. The van der Waals surface area contributed by atoms with Crippen LogP contribution in [0, 0.1) is 5.92 Å². The number of hydrogen-bond donors (Lipinski definition) is 3. The van der Waals surface area contributed by atoms with E-state index in [0.717, 1.165) is 32.8 Å². The summed E-state index contributed by atoms with van der Waals surface area (Å²) in [5, 5.41) is 26.5. The molecule has 5 aromatic rings. The maximum absolute atomic E-state index is 14.3. The zero-order valence-corrected chi connectivity index (χ0v) is 27.7. The number of rotatable bonds is 7. The molecule has 11 heteroatoms. The molecule has 2 heterocycles. The van der Waals surface area contributed by atoms with Gasteiger partial charge in [0.25, 0.3) is 5.56 Å². The number of halogens is 5. The number of nitrogens with zero attached hydrogens (tertiary/aromatic N) is 2. The molecule has 3 N–H and O–H groups in total. The number of fused-ring (bicyclic) bond motifs is 1. The zero-order chi connectivity index (χ0) is 34.7. The van der Waals surface area contributed by atoms with Crippen molar-refractivity contribution in [2.75, 3.05) is 11.9 Å². The molecule has 0 amide bonds. The van der Waals surface area contributed by atoms with Gasteiger partial charge in [-0.05, 0) is 72.0 Å². The molecule has 0 bridgehead atoms. The molecular weight excluding hydrogens is 674 g/mol. The molecule has 252 valence electrons. The van der Waals surface area contributed by atoms with Gasteiger partial charge in [0.15, 0.2) is 0 Å². The average Bonchev–Trinajstić information content (AvgIpc) is 3.54. The van der Waals surface area contributed by atoms with Crippen LogP contribution in [-0.4, -0.2) is 39.2 Å². The number of allylic oxidation sites excluding steroid dienone is 1. The topological polar surface area (TPSA) is 81.5 Å². The Morgan fingerprint density at radius 1 is 0.816 bits per heavy atom. The number of aromatic amines is 1. The van der Waals surface area contributed by atoms with Crippen molar-refractivity contribution < 1.29 is 23.4 Å². The second-order valence-electron chi connectivity index (χ2n) is 12.8. The molecular formula is C38H32Cl2F3N3O3. The Kier molecular flexibility index (Phi) is 8.51. The van der Waals surface area contributed by atoms with E-state index in [-0.39, 0.29) is 5.69 Å². The molecule has 2 unspecified atom stereocenters. The van der Waals surface area contributed by atoms with E-state index in [1.807, 2.05) is 78.7 Å². The van der Waals surface area contributed by atoms with Gasteiger partial charge in [-0.2, -0.15) is 13.2 Å². The minimum atomic E-state index is -4.93. The Morgan fingerprint density at radius 3 is 1.90 bits per heavy atom. The van der Waals surface area contributed by atoms with Crippen molar-refractivity contribution in [2.45, 2.75) is 42.6 Å². The Morgan fingerprint density at radius 2 is 1.35 bits per heavy atom.